The van der Waals surface area contributed by atoms with E-state index in [1.165, 1.54) is 12.1 Å². The quantitative estimate of drug-likeness (QED) is 0.820. The summed E-state index contributed by atoms with van der Waals surface area (Å²) in [4.78, 5) is 11.3. The number of rotatable bonds is 5. The molecule has 4 heteroatoms. The standard InChI is InChI=1S/C13H16FNO2/c14-11-5-3-9(4-6-11)12(16)7-8-15-13(17)10-1-2-10/h3-6,10,12,16H,1-2,7-8H2,(H,15,17). The van der Waals surface area contributed by atoms with Crippen molar-refractivity contribution >= 4 is 5.91 Å². The van der Waals surface area contributed by atoms with Gasteiger partial charge in [-0.3, -0.25) is 4.79 Å². The third kappa shape index (κ3) is 3.53. The Morgan fingerprint density at radius 2 is 2.06 bits per heavy atom. The second-order valence-electron chi connectivity index (χ2n) is 4.42. The molecule has 1 amide bonds. The van der Waals surface area contributed by atoms with E-state index in [-0.39, 0.29) is 17.6 Å². The molecule has 2 N–H and O–H groups in total. The fourth-order valence-electron chi connectivity index (χ4n) is 1.67. The lowest BCUT2D eigenvalue weighted by Gasteiger charge is -2.11. The van der Waals surface area contributed by atoms with Crippen molar-refractivity contribution in [2.24, 2.45) is 5.92 Å². The van der Waals surface area contributed by atoms with Crippen molar-refractivity contribution in [3.05, 3.63) is 35.6 Å². The first-order chi connectivity index (χ1) is 8.16. The van der Waals surface area contributed by atoms with Crippen molar-refractivity contribution < 1.29 is 14.3 Å². The summed E-state index contributed by atoms with van der Waals surface area (Å²) in [5.74, 6) is -0.0442. The van der Waals surface area contributed by atoms with Gasteiger partial charge in [0.1, 0.15) is 5.82 Å². The molecule has 1 fully saturated rings. The second-order valence-corrected chi connectivity index (χ2v) is 4.42. The van der Waals surface area contributed by atoms with E-state index in [0.29, 0.717) is 18.5 Å². The highest BCUT2D eigenvalue weighted by molar-refractivity contribution is 5.80. The normalized spacial score (nSPS) is 16.6. The molecule has 1 atom stereocenters. The number of benzene rings is 1. The SMILES string of the molecule is O=C(NCCC(O)c1ccc(F)cc1)C1CC1. The minimum atomic E-state index is -0.657. The highest BCUT2D eigenvalue weighted by Crippen LogP contribution is 2.28. The fraction of sp³-hybridized carbons (Fsp3) is 0.462. The van der Waals surface area contributed by atoms with Gasteiger partial charge in [-0.05, 0) is 37.0 Å². The zero-order valence-corrected chi connectivity index (χ0v) is 9.53. The molecule has 0 aliphatic heterocycles. The number of nitrogens with one attached hydrogen (secondary N) is 1. The number of aliphatic hydroxyl groups excluding tert-OH is 1. The smallest absolute Gasteiger partial charge is 0.223 e. The first-order valence-electron chi connectivity index (χ1n) is 5.88. The second kappa shape index (κ2) is 5.27. The molecule has 92 valence electrons. The van der Waals surface area contributed by atoms with E-state index in [2.05, 4.69) is 5.32 Å². The molecule has 1 unspecified atom stereocenters. The molecule has 1 aliphatic carbocycles. The predicted molar refractivity (Wildman–Crippen MR) is 61.7 cm³/mol. The lowest BCUT2D eigenvalue weighted by Crippen LogP contribution is -2.26. The van der Waals surface area contributed by atoms with Crippen molar-refractivity contribution in [1.29, 1.82) is 0 Å². The molecule has 1 aliphatic rings. The van der Waals surface area contributed by atoms with E-state index in [1.54, 1.807) is 12.1 Å². The van der Waals surface area contributed by atoms with Gasteiger partial charge in [-0.25, -0.2) is 4.39 Å². The van der Waals surface area contributed by atoms with E-state index in [0.717, 1.165) is 12.8 Å². The van der Waals surface area contributed by atoms with Gasteiger partial charge in [0.2, 0.25) is 5.91 Å². The predicted octanol–water partition coefficient (Wildman–Crippen LogP) is 1.78. The third-order valence-electron chi connectivity index (χ3n) is 2.92. The molecule has 0 bridgehead atoms. The summed E-state index contributed by atoms with van der Waals surface area (Å²) in [6.45, 7) is 0.452. The number of amides is 1. The lowest BCUT2D eigenvalue weighted by molar-refractivity contribution is -0.122. The van der Waals surface area contributed by atoms with E-state index in [9.17, 15) is 14.3 Å². The maximum absolute atomic E-state index is 12.7. The number of aliphatic hydroxyl groups is 1. The van der Waals surface area contributed by atoms with Gasteiger partial charge < -0.3 is 10.4 Å². The molecule has 0 saturated heterocycles. The average Bonchev–Trinajstić information content (AvgIpc) is 3.13. The van der Waals surface area contributed by atoms with Gasteiger partial charge in [0.25, 0.3) is 0 Å². The molecule has 0 aromatic heterocycles. The zero-order chi connectivity index (χ0) is 12.3. The van der Waals surface area contributed by atoms with E-state index in [4.69, 9.17) is 0 Å². The summed E-state index contributed by atoms with van der Waals surface area (Å²) >= 11 is 0. The van der Waals surface area contributed by atoms with Crippen LogP contribution < -0.4 is 5.32 Å². The first-order valence-corrected chi connectivity index (χ1v) is 5.88. The molecule has 0 spiro atoms. The summed E-state index contributed by atoms with van der Waals surface area (Å²) in [5.41, 5.74) is 0.673. The van der Waals surface area contributed by atoms with Crippen LogP contribution in [0.25, 0.3) is 0 Å². The van der Waals surface area contributed by atoms with E-state index in [1.807, 2.05) is 0 Å². The molecule has 1 aromatic carbocycles. The Morgan fingerprint density at radius 1 is 1.41 bits per heavy atom. The van der Waals surface area contributed by atoms with Crippen LogP contribution in [-0.2, 0) is 4.79 Å². The van der Waals surface area contributed by atoms with Gasteiger partial charge in [0.05, 0.1) is 6.10 Å². The Balaban J connectivity index is 1.74. The van der Waals surface area contributed by atoms with Crippen LogP contribution in [0, 0.1) is 11.7 Å². The minimum absolute atomic E-state index is 0.0799. The van der Waals surface area contributed by atoms with Crippen molar-refractivity contribution in [2.45, 2.75) is 25.4 Å². The van der Waals surface area contributed by atoms with Crippen molar-refractivity contribution in [3.8, 4) is 0 Å². The highest BCUT2D eigenvalue weighted by atomic mass is 19.1. The molecular formula is C13H16FNO2. The number of hydrogen-bond donors (Lipinski definition) is 2. The Kier molecular flexibility index (Phi) is 3.74. The Bertz CT molecular complexity index is 387. The van der Waals surface area contributed by atoms with Crippen LogP contribution >= 0.6 is 0 Å². The molecule has 3 nitrogen and oxygen atoms in total. The number of halogens is 1. The summed E-state index contributed by atoms with van der Waals surface area (Å²) in [6.07, 6.45) is 1.75. The summed E-state index contributed by atoms with van der Waals surface area (Å²) < 4.78 is 12.7. The van der Waals surface area contributed by atoms with Crippen LogP contribution in [0.1, 0.15) is 30.9 Å². The summed E-state index contributed by atoms with van der Waals surface area (Å²) in [5, 5.41) is 12.6. The van der Waals surface area contributed by atoms with Gasteiger partial charge in [0, 0.05) is 12.5 Å². The van der Waals surface area contributed by atoms with Gasteiger partial charge in [-0.15, -0.1) is 0 Å². The van der Waals surface area contributed by atoms with Gasteiger partial charge in [-0.1, -0.05) is 12.1 Å². The highest BCUT2D eigenvalue weighted by Gasteiger charge is 2.29. The Labute approximate surface area is 99.7 Å². The van der Waals surface area contributed by atoms with Crippen LogP contribution in [0.3, 0.4) is 0 Å². The number of carbonyl (C=O) groups is 1. The molecular weight excluding hydrogens is 221 g/mol. The average molecular weight is 237 g/mol. The van der Waals surface area contributed by atoms with Crippen LogP contribution in [0.2, 0.25) is 0 Å². The largest absolute Gasteiger partial charge is 0.388 e. The van der Waals surface area contributed by atoms with Crippen molar-refractivity contribution in [3.63, 3.8) is 0 Å². The van der Waals surface area contributed by atoms with Gasteiger partial charge in [-0.2, -0.15) is 0 Å². The third-order valence-corrected chi connectivity index (χ3v) is 2.92. The molecule has 1 aromatic rings. The van der Waals surface area contributed by atoms with Crippen molar-refractivity contribution in [1.82, 2.24) is 5.32 Å². The number of carbonyl (C=O) groups excluding carboxylic acids is 1. The summed E-state index contributed by atoms with van der Waals surface area (Å²) in [7, 11) is 0. The number of hydrogen-bond acceptors (Lipinski definition) is 2. The van der Waals surface area contributed by atoms with Crippen LogP contribution in [0.5, 0.6) is 0 Å². The summed E-state index contributed by atoms with van der Waals surface area (Å²) in [6, 6.07) is 5.76. The van der Waals surface area contributed by atoms with E-state index >= 15 is 0 Å². The Morgan fingerprint density at radius 3 is 2.65 bits per heavy atom. The lowest BCUT2D eigenvalue weighted by atomic mass is 10.1. The first kappa shape index (κ1) is 12.0. The van der Waals surface area contributed by atoms with E-state index < -0.39 is 6.10 Å². The van der Waals surface area contributed by atoms with Gasteiger partial charge in [0.15, 0.2) is 0 Å². The van der Waals surface area contributed by atoms with Crippen LogP contribution in [0.15, 0.2) is 24.3 Å². The molecule has 1 saturated carbocycles. The van der Waals surface area contributed by atoms with Gasteiger partial charge >= 0.3 is 0 Å². The minimum Gasteiger partial charge on any atom is -0.388 e. The van der Waals surface area contributed by atoms with Crippen molar-refractivity contribution in [2.75, 3.05) is 6.54 Å². The Hall–Kier alpha value is -1.42. The monoisotopic (exact) mass is 237 g/mol. The fourth-order valence-corrected chi connectivity index (χ4v) is 1.67. The molecule has 0 heterocycles. The maximum atomic E-state index is 12.7. The van der Waals surface area contributed by atoms with Crippen LogP contribution in [0.4, 0.5) is 4.39 Å². The molecule has 17 heavy (non-hydrogen) atoms. The molecule has 2 rings (SSSR count). The topological polar surface area (TPSA) is 49.3 Å². The maximum Gasteiger partial charge on any atom is 0.223 e. The zero-order valence-electron chi connectivity index (χ0n) is 9.53. The molecule has 0 radical (unpaired) electrons. The van der Waals surface area contributed by atoms with Crippen LogP contribution in [-0.4, -0.2) is 17.6 Å².